The van der Waals surface area contributed by atoms with Gasteiger partial charge >= 0.3 is 6.09 Å². The minimum Gasteiger partial charge on any atom is -0.490 e. The molecule has 10 nitrogen and oxygen atoms in total. The van der Waals surface area contributed by atoms with Crippen LogP contribution in [0.2, 0.25) is 0 Å². The van der Waals surface area contributed by atoms with Gasteiger partial charge in [0, 0.05) is 29.1 Å². The van der Waals surface area contributed by atoms with Crippen molar-refractivity contribution in [3.8, 4) is 10.8 Å². The first-order chi connectivity index (χ1) is 22.9. The molecule has 0 radical (unpaired) electrons. The standard InChI is InChI=1S/C37H44N6O4S/c1-22-23(2)48-33-30(22)31(39-28(17-29-38-13-16-45-29)32-41-40-24(3)43(32)33)25-7-9-26(10-8-25)46-27-18-37(19-27)20-36(21-37)11-14-42(15-12-36)34(44)47-35(4,5)6/h7-10,13,16,27-28H,11-12,14-15,17-21H2,1-6H3/t28-/m0/s1. The molecule has 48 heavy (non-hydrogen) atoms. The van der Waals surface area contributed by atoms with E-state index in [1.54, 1.807) is 23.8 Å². The monoisotopic (exact) mass is 668 g/mol. The Balaban J connectivity index is 0.941. The highest BCUT2D eigenvalue weighted by molar-refractivity contribution is 7.15. The number of aliphatic imine (C=N–C) groups is 1. The summed E-state index contributed by atoms with van der Waals surface area (Å²) >= 11 is 1.76. The van der Waals surface area contributed by atoms with Crippen LogP contribution in [0.3, 0.4) is 0 Å². The van der Waals surface area contributed by atoms with Crippen LogP contribution in [-0.2, 0) is 11.2 Å². The number of oxazole rings is 1. The number of fused-ring (bicyclic) bond motifs is 3. The summed E-state index contributed by atoms with van der Waals surface area (Å²) in [6.45, 7) is 13.7. The average Bonchev–Trinajstić information content (AvgIpc) is 3.71. The number of thiophene rings is 1. The smallest absolute Gasteiger partial charge is 0.410 e. The van der Waals surface area contributed by atoms with Crippen LogP contribution >= 0.6 is 11.3 Å². The number of hydrogen-bond donors (Lipinski definition) is 0. The van der Waals surface area contributed by atoms with Crippen LogP contribution in [0.5, 0.6) is 5.75 Å². The van der Waals surface area contributed by atoms with Gasteiger partial charge in [0.05, 0.1) is 24.4 Å². The molecule has 1 atom stereocenters. The maximum absolute atomic E-state index is 12.5. The normalized spacial score (nSPS) is 21.2. The van der Waals surface area contributed by atoms with Crippen LogP contribution in [0.1, 0.15) is 104 Å². The lowest BCUT2D eigenvalue weighted by molar-refractivity contribution is -0.163. The van der Waals surface area contributed by atoms with Gasteiger partial charge in [-0.15, -0.1) is 21.5 Å². The predicted molar refractivity (Wildman–Crippen MR) is 183 cm³/mol. The highest BCUT2D eigenvalue weighted by Gasteiger charge is 2.61. The number of piperidine rings is 1. The fourth-order valence-corrected chi connectivity index (χ4v) is 9.80. The van der Waals surface area contributed by atoms with Crippen molar-refractivity contribution in [3.63, 3.8) is 0 Å². The average molecular weight is 669 g/mol. The van der Waals surface area contributed by atoms with Gasteiger partial charge in [-0.05, 0) is 121 Å². The predicted octanol–water partition coefficient (Wildman–Crippen LogP) is 7.72. The zero-order chi connectivity index (χ0) is 33.4. The second-order valence-corrected chi connectivity index (χ2v) is 16.7. The van der Waals surface area contributed by atoms with Gasteiger partial charge in [0.25, 0.3) is 0 Å². The van der Waals surface area contributed by atoms with E-state index < -0.39 is 5.60 Å². The Morgan fingerprint density at radius 3 is 2.44 bits per heavy atom. The topological polar surface area (TPSA) is 108 Å². The molecule has 4 aliphatic rings. The van der Waals surface area contributed by atoms with Gasteiger partial charge in [0.1, 0.15) is 34.5 Å². The van der Waals surface area contributed by atoms with Crippen molar-refractivity contribution in [1.29, 1.82) is 0 Å². The highest BCUT2D eigenvalue weighted by atomic mass is 32.1. The van der Waals surface area contributed by atoms with E-state index in [0.29, 0.717) is 23.1 Å². The Labute approximate surface area is 285 Å². The number of amides is 1. The summed E-state index contributed by atoms with van der Waals surface area (Å²) in [7, 11) is 0. The van der Waals surface area contributed by atoms with E-state index in [4.69, 9.17) is 18.9 Å². The van der Waals surface area contributed by atoms with Crippen LogP contribution < -0.4 is 4.74 Å². The number of carbonyl (C=O) groups excluding carboxylic acids is 1. The number of likely N-dealkylation sites (tertiary alicyclic amines) is 1. The van der Waals surface area contributed by atoms with Crippen LogP contribution in [0.4, 0.5) is 4.79 Å². The van der Waals surface area contributed by atoms with Crippen LogP contribution in [-0.4, -0.2) is 61.2 Å². The molecule has 3 aromatic heterocycles. The van der Waals surface area contributed by atoms with Gasteiger partial charge in [-0.1, -0.05) is 0 Å². The molecule has 5 heterocycles. The maximum Gasteiger partial charge on any atom is 0.410 e. The van der Waals surface area contributed by atoms with Crippen molar-refractivity contribution in [2.24, 2.45) is 15.8 Å². The molecular formula is C37H44N6O4S. The van der Waals surface area contributed by atoms with Crippen LogP contribution in [0.25, 0.3) is 5.00 Å². The third-order valence-electron chi connectivity index (χ3n) is 10.8. The third-order valence-corrected chi connectivity index (χ3v) is 12.0. The number of aromatic nitrogens is 4. The van der Waals surface area contributed by atoms with E-state index in [0.717, 1.165) is 78.0 Å². The van der Waals surface area contributed by atoms with Gasteiger partial charge in [0.2, 0.25) is 0 Å². The highest BCUT2D eigenvalue weighted by Crippen LogP contribution is 2.68. The molecule has 252 valence electrons. The number of rotatable bonds is 5. The molecule has 2 spiro atoms. The first kappa shape index (κ1) is 31.3. The number of benzene rings is 1. The fourth-order valence-electron chi connectivity index (χ4n) is 8.59. The Hall–Kier alpha value is -3.99. The minimum absolute atomic E-state index is 0.174. The molecule has 2 aliphatic heterocycles. The molecule has 0 bridgehead atoms. The molecule has 0 N–H and O–H groups in total. The van der Waals surface area contributed by atoms with Crippen LogP contribution in [0, 0.1) is 31.6 Å². The summed E-state index contributed by atoms with van der Waals surface area (Å²) in [6, 6.07) is 8.15. The van der Waals surface area contributed by atoms with Crippen molar-refractivity contribution in [3.05, 3.63) is 75.8 Å². The van der Waals surface area contributed by atoms with E-state index in [1.807, 2.05) is 32.6 Å². The zero-order valence-corrected chi connectivity index (χ0v) is 29.5. The summed E-state index contributed by atoms with van der Waals surface area (Å²) in [5.41, 5.74) is 4.68. The molecule has 4 aromatic rings. The molecule has 2 aliphatic carbocycles. The SMILES string of the molecule is Cc1sc2c(c1C)C(c1ccc(OC3CC4(C3)CC3(CCN(C(=O)OC(C)(C)C)CC3)C4)cc1)=N[C@@H](Cc1ncco1)c1nnc(C)n1-2. The number of carbonyl (C=O) groups is 1. The first-order valence-electron chi connectivity index (χ1n) is 17.1. The van der Waals surface area contributed by atoms with Gasteiger partial charge in [-0.25, -0.2) is 9.78 Å². The number of ether oxygens (including phenoxy) is 2. The Bertz CT molecular complexity index is 1860. The summed E-state index contributed by atoms with van der Waals surface area (Å²) < 4.78 is 19.9. The lowest BCUT2D eigenvalue weighted by atomic mass is 9.42. The molecule has 3 fully saturated rings. The molecule has 1 amide bonds. The Morgan fingerprint density at radius 2 is 1.77 bits per heavy atom. The van der Waals surface area contributed by atoms with E-state index in [9.17, 15) is 4.79 Å². The molecule has 8 rings (SSSR count). The fraction of sp³-hybridized carbons (Fsp3) is 0.541. The van der Waals surface area contributed by atoms with E-state index in [2.05, 4.69) is 57.9 Å². The van der Waals surface area contributed by atoms with E-state index in [-0.39, 0.29) is 18.2 Å². The second kappa shape index (κ2) is 11.3. The summed E-state index contributed by atoms with van der Waals surface area (Å²) in [5, 5.41) is 10.1. The molecular weight excluding hydrogens is 625 g/mol. The zero-order valence-electron chi connectivity index (χ0n) is 28.7. The van der Waals surface area contributed by atoms with Gasteiger partial charge < -0.3 is 18.8 Å². The molecule has 1 aromatic carbocycles. The lowest BCUT2D eigenvalue weighted by Gasteiger charge is -2.65. The number of aryl methyl sites for hydroxylation is 2. The first-order valence-corrected chi connectivity index (χ1v) is 18.0. The van der Waals surface area contributed by atoms with Crippen molar-refractivity contribution in [2.75, 3.05) is 13.1 Å². The largest absolute Gasteiger partial charge is 0.490 e. The summed E-state index contributed by atoms with van der Waals surface area (Å²) in [4.78, 5) is 25.4. The van der Waals surface area contributed by atoms with Gasteiger partial charge in [-0.3, -0.25) is 9.56 Å². The van der Waals surface area contributed by atoms with Gasteiger partial charge in [0.15, 0.2) is 11.7 Å². The molecule has 11 heteroatoms. The number of nitrogens with zero attached hydrogens (tertiary/aromatic N) is 6. The molecule has 0 unspecified atom stereocenters. The van der Waals surface area contributed by atoms with Crippen molar-refractivity contribution in [2.45, 2.75) is 104 Å². The van der Waals surface area contributed by atoms with E-state index in [1.165, 1.54) is 23.3 Å². The molecule has 1 saturated heterocycles. The summed E-state index contributed by atoms with van der Waals surface area (Å²) in [6.07, 6.45) is 10.7. The van der Waals surface area contributed by atoms with Crippen molar-refractivity contribution in [1.82, 2.24) is 24.6 Å². The second-order valence-electron chi connectivity index (χ2n) is 15.5. The number of hydrogen-bond acceptors (Lipinski definition) is 9. The maximum atomic E-state index is 12.5. The molecule has 2 saturated carbocycles. The minimum atomic E-state index is -0.451. The Morgan fingerprint density at radius 1 is 1.04 bits per heavy atom. The third kappa shape index (κ3) is 5.53. The van der Waals surface area contributed by atoms with Crippen LogP contribution in [0.15, 0.2) is 46.1 Å². The summed E-state index contributed by atoms with van der Waals surface area (Å²) in [5.74, 6) is 3.16. The lowest BCUT2D eigenvalue weighted by Crippen LogP contribution is -2.60. The van der Waals surface area contributed by atoms with Crippen molar-refractivity contribution < 1.29 is 18.7 Å². The van der Waals surface area contributed by atoms with Crippen molar-refractivity contribution >= 4 is 23.1 Å². The Kier molecular flexibility index (Phi) is 7.36. The van der Waals surface area contributed by atoms with E-state index >= 15 is 0 Å². The quantitative estimate of drug-likeness (QED) is 0.214. The van der Waals surface area contributed by atoms with Gasteiger partial charge in [-0.2, -0.15) is 0 Å².